The van der Waals surface area contributed by atoms with Gasteiger partial charge < -0.3 is 10.6 Å². The molecule has 2 heterocycles. The summed E-state index contributed by atoms with van der Waals surface area (Å²) >= 11 is 0. The van der Waals surface area contributed by atoms with Crippen molar-refractivity contribution in [3.63, 3.8) is 0 Å². The third-order valence-corrected chi connectivity index (χ3v) is 7.93. The molecule has 2 aliphatic carbocycles. The van der Waals surface area contributed by atoms with E-state index in [0.29, 0.717) is 30.4 Å². The molecule has 0 radical (unpaired) electrons. The average Bonchev–Trinajstić information content (AvgIpc) is 3.22. The van der Waals surface area contributed by atoms with E-state index in [1.165, 1.54) is 6.07 Å². The van der Waals surface area contributed by atoms with Crippen molar-refractivity contribution < 1.29 is 14.0 Å². The van der Waals surface area contributed by atoms with Crippen LogP contribution in [0.1, 0.15) is 55.5 Å². The van der Waals surface area contributed by atoms with Gasteiger partial charge in [-0.2, -0.15) is 10.2 Å². The Morgan fingerprint density at radius 3 is 2.89 bits per heavy atom. The molecule has 5 atom stereocenters. The van der Waals surface area contributed by atoms with Gasteiger partial charge in [0, 0.05) is 35.0 Å². The van der Waals surface area contributed by atoms with E-state index in [0.717, 1.165) is 30.5 Å². The van der Waals surface area contributed by atoms with Crippen molar-refractivity contribution in [3.8, 4) is 0 Å². The lowest BCUT2D eigenvalue weighted by atomic mass is 9.74. The van der Waals surface area contributed by atoms with Crippen molar-refractivity contribution in [2.24, 2.45) is 16.1 Å². The predicted octanol–water partition coefficient (Wildman–Crippen LogP) is 4.69. The van der Waals surface area contributed by atoms with E-state index < -0.39 is 11.1 Å². The molecular formula is C29H32FN5O2. The second kappa shape index (κ2) is 10.00. The number of aromatic nitrogens is 1. The molecule has 0 spiro atoms. The molecule has 1 aliphatic heterocycles. The summed E-state index contributed by atoms with van der Waals surface area (Å²) in [6.07, 6.45) is 11.5. The van der Waals surface area contributed by atoms with Crippen LogP contribution in [0.3, 0.4) is 0 Å². The minimum Gasteiger partial charge on any atom is -0.353 e. The van der Waals surface area contributed by atoms with Crippen LogP contribution in [0.15, 0.2) is 76.6 Å². The molecule has 2 aromatic rings. The average molecular weight is 502 g/mol. The van der Waals surface area contributed by atoms with E-state index in [1.807, 2.05) is 44.2 Å². The predicted molar refractivity (Wildman–Crippen MR) is 138 cm³/mol. The van der Waals surface area contributed by atoms with Crippen molar-refractivity contribution >= 4 is 12.3 Å². The van der Waals surface area contributed by atoms with Crippen LogP contribution in [0.2, 0.25) is 0 Å². The Morgan fingerprint density at radius 1 is 1.27 bits per heavy atom. The highest BCUT2D eigenvalue weighted by molar-refractivity contribution is 5.96. The fourth-order valence-electron chi connectivity index (χ4n) is 5.96. The van der Waals surface area contributed by atoms with Crippen molar-refractivity contribution in [1.82, 2.24) is 15.6 Å². The van der Waals surface area contributed by atoms with Gasteiger partial charge in [-0.05, 0) is 75.3 Å². The summed E-state index contributed by atoms with van der Waals surface area (Å²) < 4.78 is 14.4. The van der Waals surface area contributed by atoms with Crippen LogP contribution in [0.5, 0.6) is 0 Å². The number of benzene rings is 1. The summed E-state index contributed by atoms with van der Waals surface area (Å²) in [5.74, 6) is -0.524. The second-order valence-corrected chi connectivity index (χ2v) is 10.7. The van der Waals surface area contributed by atoms with Crippen LogP contribution in [0.4, 0.5) is 4.39 Å². The number of hydrogen-bond acceptors (Lipinski definition) is 5. The molecule has 0 bridgehead atoms. The van der Waals surface area contributed by atoms with E-state index in [4.69, 9.17) is 0 Å². The molecule has 37 heavy (non-hydrogen) atoms. The summed E-state index contributed by atoms with van der Waals surface area (Å²) in [4.78, 5) is 29.2. The first-order valence-electron chi connectivity index (χ1n) is 12.8. The molecule has 2 amide bonds. The minimum absolute atomic E-state index is 0.0803. The van der Waals surface area contributed by atoms with E-state index in [-0.39, 0.29) is 29.7 Å². The summed E-state index contributed by atoms with van der Waals surface area (Å²) in [7, 11) is 0. The Kier molecular flexibility index (Phi) is 6.75. The van der Waals surface area contributed by atoms with Gasteiger partial charge in [-0.15, -0.1) is 0 Å². The number of azo groups is 1. The van der Waals surface area contributed by atoms with E-state index >= 15 is 0 Å². The zero-order chi connectivity index (χ0) is 26.0. The van der Waals surface area contributed by atoms with Crippen molar-refractivity contribution in [3.05, 3.63) is 89.0 Å². The SMILES string of the molecule is Cc1cc(C2N=NC3(C)C=CC(C(=O)NC4CCCC(Cc5ccccc5F)(NC=O)C4)=CC23)ccn1. The molecule has 5 unspecified atom stereocenters. The van der Waals surface area contributed by atoms with Gasteiger partial charge in [-0.1, -0.05) is 36.4 Å². The quantitative estimate of drug-likeness (QED) is 0.539. The highest BCUT2D eigenvalue weighted by atomic mass is 19.1. The van der Waals surface area contributed by atoms with Gasteiger partial charge in [0.05, 0.1) is 0 Å². The van der Waals surface area contributed by atoms with Crippen LogP contribution in [-0.2, 0) is 16.0 Å². The third kappa shape index (κ3) is 5.10. The maximum Gasteiger partial charge on any atom is 0.251 e. The number of pyridine rings is 1. The number of aryl methyl sites for hydroxylation is 1. The molecule has 5 rings (SSSR count). The van der Waals surface area contributed by atoms with Gasteiger partial charge in [0.25, 0.3) is 5.91 Å². The number of hydrogen-bond donors (Lipinski definition) is 2. The Hall–Kier alpha value is -3.68. The number of carbonyl (C=O) groups excluding carboxylic acids is 2. The first-order valence-corrected chi connectivity index (χ1v) is 12.8. The second-order valence-electron chi connectivity index (χ2n) is 10.7. The number of nitrogens with one attached hydrogen (secondary N) is 2. The van der Waals surface area contributed by atoms with Crippen LogP contribution in [0.25, 0.3) is 0 Å². The number of nitrogens with zero attached hydrogens (tertiary/aromatic N) is 3. The lowest BCUT2D eigenvalue weighted by Crippen LogP contribution is -2.54. The Balaban J connectivity index is 1.32. The zero-order valence-corrected chi connectivity index (χ0v) is 21.2. The Bertz CT molecular complexity index is 1290. The minimum atomic E-state index is -0.608. The number of rotatable bonds is 7. The molecule has 1 aromatic carbocycles. The molecular weight excluding hydrogens is 469 g/mol. The van der Waals surface area contributed by atoms with E-state index in [1.54, 1.807) is 24.4 Å². The largest absolute Gasteiger partial charge is 0.353 e. The fourth-order valence-corrected chi connectivity index (χ4v) is 5.96. The highest BCUT2D eigenvalue weighted by Gasteiger charge is 2.45. The summed E-state index contributed by atoms with van der Waals surface area (Å²) in [5, 5.41) is 15.2. The van der Waals surface area contributed by atoms with Crippen LogP contribution in [0, 0.1) is 18.7 Å². The van der Waals surface area contributed by atoms with Gasteiger partial charge in [0.2, 0.25) is 6.41 Å². The van der Waals surface area contributed by atoms with Crippen LogP contribution in [-0.4, -0.2) is 34.4 Å². The number of amides is 2. The lowest BCUT2D eigenvalue weighted by molar-refractivity contribution is -0.118. The van der Waals surface area contributed by atoms with Crippen LogP contribution < -0.4 is 10.6 Å². The molecule has 0 saturated heterocycles. The maximum absolute atomic E-state index is 14.4. The molecule has 192 valence electrons. The third-order valence-electron chi connectivity index (χ3n) is 7.93. The summed E-state index contributed by atoms with van der Waals surface area (Å²) in [6.45, 7) is 3.97. The van der Waals surface area contributed by atoms with Crippen molar-refractivity contribution in [2.45, 2.75) is 69.1 Å². The number of carbonyl (C=O) groups is 2. The van der Waals surface area contributed by atoms with Gasteiger partial charge in [-0.25, -0.2) is 4.39 Å². The fraction of sp³-hybridized carbons (Fsp3) is 0.414. The Morgan fingerprint density at radius 2 is 2.11 bits per heavy atom. The molecule has 1 aromatic heterocycles. The molecule has 8 heteroatoms. The van der Waals surface area contributed by atoms with E-state index in [9.17, 15) is 14.0 Å². The smallest absolute Gasteiger partial charge is 0.251 e. The van der Waals surface area contributed by atoms with Gasteiger partial charge in [-0.3, -0.25) is 14.6 Å². The molecule has 1 fully saturated rings. The van der Waals surface area contributed by atoms with Gasteiger partial charge in [0.15, 0.2) is 0 Å². The lowest BCUT2D eigenvalue weighted by Gasteiger charge is -2.41. The molecule has 7 nitrogen and oxygen atoms in total. The normalized spacial score (nSPS) is 30.4. The molecule has 1 saturated carbocycles. The monoisotopic (exact) mass is 501 g/mol. The summed E-state index contributed by atoms with van der Waals surface area (Å²) in [6, 6.07) is 10.3. The number of halogens is 1. The van der Waals surface area contributed by atoms with Gasteiger partial charge >= 0.3 is 0 Å². The number of fused-ring (bicyclic) bond motifs is 1. The first kappa shape index (κ1) is 25.0. The zero-order valence-electron chi connectivity index (χ0n) is 21.2. The maximum atomic E-state index is 14.4. The molecule has 3 aliphatic rings. The first-order chi connectivity index (χ1) is 17.8. The standard InChI is InChI=1S/C29H32FN5O2/c1-19-14-20(10-13-31-19)26-24-15-21(9-12-28(24,2)35-34-26)27(37)33-23-7-5-11-29(17-23,32-18-36)16-22-6-3-4-8-25(22)30/h3-4,6,8-10,12-15,18,23-24,26H,5,7,11,16-17H2,1-2H3,(H,32,36)(H,33,37). The molecule has 2 N–H and O–H groups in total. The topological polar surface area (TPSA) is 95.8 Å². The van der Waals surface area contributed by atoms with Crippen molar-refractivity contribution in [2.75, 3.05) is 0 Å². The van der Waals surface area contributed by atoms with Gasteiger partial charge in [0.1, 0.15) is 17.4 Å². The Labute approximate surface area is 216 Å². The van der Waals surface area contributed by atoms with Crippen molar-refractivity contribution in [1.29, 1.82) is 0 Å². The van der Waals surface area contributed by atoms with E-state index in [2.05, 4.69) is 25.8 Å². The summed E-state index contributed by atoms with van der Waals surface area (Å²) in [5.41, 5.74) is 1.98. The highest BCUT2D eigenvalue weighted by Crippen LogP contribution is 2.46. The van der Waals surface area contributed by atoms with Crippen LogP contribution >= 0.6 is 0 Å².